The number of methoxy groups -OCH3 is 1. The Balaban J connectivity index is 1.72. The van der Waals surface area contributed by atoms with Crippen molar-refractivity contribution in [2.45, 2.75) is 38.8 Å². The first-order valence-electron chi connectivity index (χ1n) is 10.6. The van der Waals surface area contributed by atoms with Gasteiger partial charge in [0.15, 0.2) is 5.43 Å². The fourth-order valence-electron chi connectivity index (χ4n) is 4.63. The minimum absolute atomic E-state index is 0.0413. The first-order valence-corrected chi connectivity index (χ1v) is 10.6. The molecule has 2 aliphatic heterocycles. The number of amides is 1. The van der Waals surface area contributed by atoms with Gasteiger partial charge >= 0.3 is 0 Å². The summed E-state index contributed by atoms with van der Waals surface area (Å²) in [5, 5.41) is 0.501. The largest absolute Gasteiger partial charge is 0.497 e. The standard InChI is InChI=1S/C25H25NO5/c1-14-10-19-20(11-15(14)2)31-24-21(23(19)27)22(16-6-4-7-17(12-16)29-3)26(25(24)28)13-18-8-5-9-30-18/h4,6-7,10-12,18,22H,5,8-9,13H2,1-3H3/t18-,22+/m0/s1. The van der Waals surface area contributed by atoms with Gasteiger partial charge in [-0.15, -0.1) is 0 Å². The number of hydrogen-bond acceptors (Lipinski definition) is 5. The second kappa shape index (κ2) is 7.54. The van der Waals surface area contributed by atoms with Crippen LogP contribution in [0.5, 0.6) is 5.75 Å². The average Bonchev–Trinajstić information content (AvgIpc) is 3.37. The summed E-state index contributed by atoms with van der Waals surface area (Å²) in [6.45, 7) is 5.05. The molecule has 2 aromatic carbocycles. The molecule has 2 atom stereocenters. The highest BCUT2D eigenvalue weighted by Gasteiger charge is 2.44. The number of rotatable bonds is 4. The number of carbonyl (C=O) groups is 1. The lowest BCUT2D eigenvalue weighted by atomic mass is 9.97. The number of fused-ring (bicyclic) bond motifs is 2. The van der Waals surface area contributed by atoms with Crippen LogP contribution in [-0.2, 0) is 4.74 Å². The summed E-state index contributed by atoms with van der Waals surface area (Å²) < 4.78 is 17.3. The van der Waals surface area contributed by atoms with Gasteiger partial charge < -0.3 is 18.8 Å². The smallest absolute Gasteiger partial charge is 0.291 e. The average molecular weight is 419 g/mol. The van der Waals surface area contributed by atoms with Crippen molar-refractivity contribution < 1.29 is 18.7 Å². The molecule has 1 saturated heterocycles. The molecule has 0 N–H and O–H groups in total. The summed E-state index contributed by atoms with van der Waals surface area (Å²) >= 11 is 0. The zero-order valence-electron chi connectivity index (χ0n) is 17.9. The maximum absolute atomic E-state index is 13.6. The lowest BCUT2D eigenvalue weighted by Crippen LogP contribution is -2.36. The van der Waals surface area contributed by atoms with Crippen molar-refractivity contribution in [3.8, 4) is 5.75 Å². The molecule has 1 fully saturated rings. The number of hydrogen-bond donors (Lipinski definition) is 0. The van der Waals surface area contributed by atoms with E-state index in [0.29, 0.717) is 35.4 Å². The number of ether oxygens (including phenoxy) is 2. The molecule has 0 saturated carbocycles. The minimum Gasteiger partial charge on any atom is -0.497 e. The van der Waals surface area contributed by atoms with Gasteiger partial charge in [0.25, 0.3) is 5.91 Å². The minimum atomic E-state index is -0.538. The molecule has 1 aromatic heterocycles. The maximum atomic E-state index is 13.6. The lowest BCUT2D eigenvalue weighted by Gasteiger charge is -2.27. The Morgan fingerprint density at radius 1 is 1.13 bits per heavy atom. The van der Waals surface area contributed by atoms with E-state index in [-0.39, 0.29) is 23.2 Å². The van der Waals surface area contributed by atoms with Gasteiger partial charge in [-0.1, -0.05) is 12.1 Å². The summed E-state index contributed by atoms with van der Waals surface area (Å²) in [6.07, 6.45) is 1.83. The third-order valence-electron chi connectivity index (χ3n) is 6.42. The van der Waals surface area contributed by atoms with Gasteiger partial charge in [0.2, 0.25) is 5.76 Å². The molecule has 0 bridgehead atoms. The Labute approximate surface area is 180 Å². The van der Waals surface area contributed by atoms with Crippen LogP contribution < -0.4 is 10.2 Å². The molecular formula is C25H25NO5. The molecule has 1 amide bonds. The van der Waals surface area contributed by atoms with Gasteiger partial charge in [0.1, 0.15) is 11.3 Å². The van der Waals surface area contributed by atoms with Crippen LogP contribution in [0.15, 0.2) is 45.6 Å². The van der Waals surface area contributed by atoms with E-state index in [2.05, 4.69) is 0 Å². The highest BCUT2D eigenvalue weighted by Crippen LogP contribution is 2.40. The van der Waals surface area contributed by atoms with Crippen LogP contribution in [0.3, 0.4) is 0 Å². The first kappa shape index (κ1) is 19.8. The van der Waals surface area contributed by atoms with E-state index in [1.165, 1.54) is 0 Å². The van der Waals surface area contributed by atoms with Crippen molar-refractivity contribution in [2.24, 2.45) is 0 Å². The normalized spacial score (nSPS) is 20.5. The lowest BCUT2D eigenvalue weighted by molar-refractivity contribution is 0.0486. The zero-order valence-corrected chi connectivity index (χ0v) is 17.9. The summed E-state index contributed by atoms with van der Waals surface area (Å²) in [5.41, 5.74) is 3.53. The number of carbonyl (C=O) groups excluding carboxylic acids is 1. The van der Waals surface area contributed by atoms with Crippen LogP contribution >= 0.6 is 0 Å². The molecule has 0 spiro atoms. The molecule has 2 aliphatic rings. The Hall–Kier alpha value is -3.12. The first-order chi connectivity index (χ1) is 15.0. The molecule has 0 radical (unpaired) electrons. The van der Waals surface area contributed by atoms with E-state index < -0.39 is 6.04 Å². The van der Waals surface area contributed by atoms with Crippen molar-refractivity contribution in [3.63, 3.8) is 0 Å². The van der Waals surface area contributed by atoms with E-state index in [0.717, 1.165) is 29.5 Å². The van der Waals surface area contributed by atoms with E-state index >= 15 is 0 Å². The van der Waals surface area contributed by atoms with E-state index in [9.17, 15) is 9.59 Å². The Bertz CT molecular complexity index is 1240. The SMILES string of the molecule is COc1cccc([C@@H]2c3c(oc4cc(C)c(C)cc4c3=O)C(=O)N2C[C@@H]2CCCO2)c1. The van der Waals surface area contributed by atoms with Crippen LogP contribution in [0.1, 0.15) is 51.7 Å². The molecule has 3 heterocycles. The Morgan fingerprint density at radius 3 is 2.68 bits per heavy atom. The predicted molar refractivity (Wildman–Crippen MR) is 117 cm³/mol. The highest BCUT2D eigenvalue weighted by atomic mass is 16.5. The summed E-state index contributed by atoms with van der Waals surface area (Å²) in [5.74, 6) is 0.536. The van der Waals surface area contributed by atoms with Crippen LogP contribution in [-0.4, -0.2) is 37.2 Å². The monoisotopic (exact) mass is 419 g/mol. The van der Waals surface area contributed by atoms with Gasteiger partial charge in [0, 0.05) is 13.2 Å². The summed E-state index contributed by atoms with van der Waals surface area (Å²) in [4.78, 5) is 28.8. The van der Waals surface area contributed by atoms with Crippen LogP contribution in [0, 0.1) is 13.8 Å². The zero-order chi connectivity index (χ0) is 21.7. The molecule has 3 aromatic rings. The topological polar surface area (TPSA) is 69.0 Å². The fraction of sp³-hybridized carbons (Fsp3) is 0.360. The van der Waals surface area contributed by atoms with Crippen LogP contribution in [0.25, 0.3) is 11.0 Å². The van der Waals surface area contributed by atoms with Gasteiger partial charge in [-0.25, -0.2) is 0 Å². The van der Waals surface area contributed by atoms with E-state index in [1.807, 2.05) is 50.2 Å². The molecular weight excluding hydrogens is 394 g/mol. The second-order valence-electron chi connectivity index (χ2n) is 8.38. The molecule has 5 rings (SSSR count). The predicted octanol–water partition coefficient (Wildman–Crippen LogP) is 4.14. The molecule has 31 heavy (non-hydrogen) atoms. The van der Waals surface area contributed by atoms with E-state index in [1.54, 1.807) is 12.0 Å². The number of nitrogens with zero attached hydrogens (tertiary/aromatic N) is 1. The van der Waals surface area contributed by atoms with Gasteiger partial charge in [-0.3, -0.25) is 9.59 Å². The van der Waals surface area contributed by atoms with Crippen molar-refractivity contribution in [1.29, 1.82) is 0 Å². The van der Waals surface area contributed by atoms with Crippen molar-refractivity contribution in [1.82, 2.24) is 4.90 Å². The summed E-state index contributed by atoms with van der Waals surface area (Å²) in [6, 6.07) is 10.7. The van der Waals surface area contributed by atoms with Crippen molar-refractivity contribution in [2.75, 3.05) is 20.3 Å². The highest BCUT2D eigenvalue weighted by molar-refractivity contribution is 5.99. The van der Waals surface area contributed by atoms with Crippen LogP contribution in [0.4, 0.5) is 0 Å². The fourth-order valence-corrected chi connectivity index (χ4v) is 4.63. The Morgan fingerprint density at radius 2 is 1.94 bits per heavy atom. The second-order valence-corrected chi connectivity index (χ2v) is 8.38. The van der Waals surface area contributed by atoms with Gasteiger partial charge in [-0.2, -0.15) is 0 Å². The van der Waals surface area contributed by atoms with E-state index in [4.69, 9.17) is 13.9 Å². The third-order valence-corrected chi connectivity index (χ3v) is 6.42. The van der Waals surface area contributed by atoms with Crippen LogP contribution in [0.2, 0.25) is 0 Å². The number of benzene rings is 2. The summed E-state index contributed by atoms with van der Waals surface area (Å²) in [7, 11) is 1.60. The van der Waals surface area contributed by atoms with Gasteiger partial charge in [-0.05, 0) is 67.6 Å². The van der Waals surface area contributed by atoms with Crippen molar-refractivity contribution >= 4 is 16.9 Å². The maximum Gasteiger partial charge on any atom is 0.291 e. The number of aryl methyl sites for hydroxylation is 2. The molecule has 0 aliphatic carbocycles. The Kier molecular flexibility index (Phi) is 4.82. The molecule has 160 valence electrons. The quantitative estimate of drug-likeness (QED) is 0.636. The van der Waals surface area contributed by atoms with Gasteiger partial charge in [0.05, 0.1) is 30.2 Å². The molecule has 0 unspecified atom stereocenters. The third kappa shape index (κ3) is 3.22. The molecule has 6 nitrogen and oxygen atoms in total. The molecule has 6 heteroatoms. The van der Waals surface area contributed by atoms with Crippen molar-refractivity contribution in [3.05, 3.63) is 74.6 Å².